The molecule has 8 heteroatoms. The van der Waals surface area contributed by atoms with Crippen molar-refractivity contribution < 1.29 is 23.5 Å². The van der Waals surface area contributed by atoms with Gasteiger partial charge in [0.1, 0.15) is 6.04 Å². The minimum absolute atomic E-state index is 0.0732. The zero-order valence-electron chi connectivity index (χ0n) is 20.0. The van der Waals surface area contributed by atoms with Crippen molar-refractivity contribution in [2.24, 2.45) is 5.41 Å². The fourth-order valence-electron chi connectivity index (χ4n) is 3.48. The Bertz CT molecular complexity index is 1050. The lowest BCUT2D eigenvalue weighted by atomic mass is 9.91. The zero-order chi connectivity index (χ0) is 24.0. The van der Waals surface area contributed by atoms with Crippen molar-refractivity contribution in [3.63, 3.8) is 0 Å². The summed E-state index contributed by atoms with van der Waals surface area (Å²) in [5.74, 6) is 2.05. The van der Waals surface area contributed by atoms with E-state index in [1.807, 2.05) is 51.1 Å². The van der Waals surface area contributed by atoms with Gasteiger partial charge in [-0.15, -0.1) is 0 Å². The highest BCUT2D eigenvalue weighted by Crippen LogP contribution is 2.40. The lowest BCUT2D eigenvalue weighted by Crippen LogP contribution is -2.32. The summed E-state index contributed by atoms with van der Waals surface area (Å²) >= 11 is 0. The van der Waals surface area contributed by atoms with Gasteiger partial charge in [-0.2, -0.15) is 4.98 Å². The number of aromatic nitrogens is 2. The topological polar surface area (TPSA) is 95.7 Å². The van der Waals surface area contributed by atoms with Crippen molar-refractivity contribution in [3.05, 3.63) is 53.9 Å². The average Bonchev–Trinajstić information content (AvgIpc) is 3.27. The molecule has 3 aromatic rings. The summed E-state index contributed by atoms with van der Waals surface area (Å²) in [4.78, 5) is 17.3. The summed E-state index contributed by atoms with van der Waals surface area (Å²) in [7, 11) is 4.63. The second-order valence-electron chi connectivity index (χ2n) is 8.92. The molecule has 0 fully saturated rings. The normalized spacial score (nSPS) is 12.2. The molecule has 0 radical (unpaired) electrons. The van der Waals surface area contributed by atoms with Crippen LogP contribution in [-0.2, 0) is 11.2 Å². The van der Waals surface area contributed by atoms with Crippen molar-refractivity contribution in [3.8, 4) is 28.6 Å². The maximum Gasteiger partial charge on any atom is 0.249 e. The van der Waals surface area contributed by atoms with Gasteiger partial charge in [0.05, 0.1) is 21.3 Å². The second-order valence-corrected chi connectivity index (χ2v) is 8.92. The van der Waals surface area contributed by atoms with Gasteiger partial charge in [0.25, 0.3) is 0 Å². The predicted octanol–water partition coefficient (Wildman–Crippen LogP) is 4.60. The van der Waals surface area contributed by atoms with E-state index in [1.54, 1.807) is 33.5 Å². The lowest BCUT2D eigenvalue weighted by Gasteiger charge is -2.20. The number of benzene rings is 2. The van der Waals surface area contributed by atoms with E-state index in [9.17, 15) is 4.79 Å². The minimum atomic E-state index is -0.467. The van der Waals surface area contributed by atoms with Gasteiger partial charge in [0, 0.05) is 18.4 Å². The Kier molecular flexibility index (Phi) is 7.58. The van der Waals surface area contributed by atoms with Crippen molar-refractivity contribution in [2.45, 2.75) is 39.7 Å². The molecule has 0 spiro atoms. The molecule has 3 rings (SSSR count). The molecule has 8 nitrogen and oxygen atoms in total. The third kappa shape index (κ3) is 6.25. The van der Waals surface area contributed by atoms with E-state index in [4.69, 9.17) is 18.7 Å². The number of carbonyl (C=O) groups is 1. The number of nitrogens with one attached hydrogen (secondary N) is 1. The summed E-state index contributed by atoms with van der Waals surface area (Å²) in [6, 6.07) is 12.9. The van der Waals surface area contributed by atoms with E-state index in [0.717, 1.165) is 5.56 Å². The molecule has 1 unspecified atom stereocenters. The maximum atomic E-state index is 12.7. The van der Waals surface area contributed by atoms with E-state index in [0.29, 0.717) is 47.4 Å². The van der Waals surface area contributed by atoms with Crippen molar-refractivity contribution in [2.75, 3.05) is 21.3 Å². The first-order valence-corrected chi connectivity index (χ1v) is 10.7. The van der Waals surface area contributed by atoms with Crippen LogP contribution < -0.4 is 19.5 Å². The van der Waals surface area contributed by atoms with Crippen LogP contribution >= 0.6 is 0 Å². The fraction of sp³-hybridized carbons (Fsp3) is 0.400. The molecular formula is C25H31N3O5. The standard InChI is InChI=1S/C25H31N3O5/c1-25(2,3)15-21(29)26-18(12-16-10-8-7-9-11-16)24-27-23(28-33-24)17-13-19(30-4)22(32-6)20(14-17)31-5/h7-11,13-14,18H,12,15H2,1-6H3,(H,26,29). The zero-order valence-corrected chi connectivity index (χ0v) is 20.0. The van der Waals surface area contributed by atoms with Gasteiger partial charge in [-0.05, 0) is 23.1 Å². The number of hydrogen-bond donors (Lipinski definition) is 1. The molecular weight excluding hydrogens is 422 g/mol. The molecule has 0 aliphatic heterocycles. The monoisotopic (exact) mass is 453 g/mol. The minimum Gasteiger partial charge on any atom is -0.493 e. The molecule has 0 bridgehead atoms. The molecule has 0 saturated carbocycles. The largest absolute Gasteiger partial charge is 0.493 e. The highest BCUT2D eigenvalue weighted by Gasteiger charge is 2.25. The number of carbonyl (C=O) groups excluding carboxylic acids is 1. The second kappa shape index (κ2) is 10.4. The Morgan fingerprint density at radius 2 is 1.67 bits per heavy atom. The van der Waals surface area contributed by atoms with Crippen molar-refractivity contribution in [1.82, 2.24) is 15.5 Å². The number of hydrogen-bond acceptors (Lipinski definition) is 7. The van der Waals surface area contributed by atoms with E-state index in [1.165, 1.54) is 0 Å². The first-order chi connectivity index (χ1) is 15.7. The molecule has 176 valence electrons. The van der Waals surface area contributed by atoms with Crippen LogP contribution in [0.15, 0.2) is 47.0 Å². The first kappa shape index (κ1) is 24.1. The molecule has 33 heavy (non-hydrogen) atoms. The van der Waals surface area contributed by atoms with Crippen LogP contribution in [0.25, 0.3) is 11.4 Å². The van der Waals surface area contributed by atoms with Gasteiger partial charge >= 0.3 is 0 Å². The molecule has 0 aliphatic rings. The van der Waals surface area contributed by atoms with Crippen LogP contribution in [0, 0.1) is 5.41 Å². The number of ether oxygens (including phenoxy) is 3. The highest BCUT2D eigenvalue weighted by molar-refractivity contribution is 5.77. The molecule has 1 amide bonds. The van der Waals surface area contributed by atoms with Gasteiger partial charge in [0.15, 0.2) is 11.5 Å². The maximum absolute atomic E-state index is 12.7. The molecule has 0 aliphatic carbocycles. The quantitative estimate of drug-likeness (QED) is 0.506. The molecule has 1 N–H and O–H groups in total. The summed E-state index contributed by atoms with van der Waals surface area (Å²) in [6.45, 7) is 6.07. The van der Waals surface area contributed by atoms with Crippen LogP contribution in [0.2, 0.25) is 0 Å². The van der Waals surface area contributed by atoms with Crippen LogP contribution in [0.3, 0.4) is 0 Å². The van der Waals surface area contributed by atoms with E-state index in [2.05, 4.69) is 15.5 Å². The Labute approximate surface area is 194 Å². The highest BCUT2D eigenvalue weighted by atomic mass is 16.5. The number of methoxy groups -OCH3 is 3. The number of amides is 1. The average molecular weight is 454 g/mol. The van der Waals surface area contributed by atoms with Crippen molar-refractivity contribution >= 4 is 5.91 Å². The summed E-state index contributed by atoms with van der Waals surface area (Å²) in [6.07, 6.45) is 0.903. The summed E-state index contributed by atoms with van der Waals surface area (Å²) in [5, 5.41) is 7.21. The van der Waals surface area contributed by atoms with Gasteiger partial charge in [-0.1, -0.05) is 56.3 Å². The molecule has 2 aromatic carbocycles. The summed E-state index contributed by atoms with van der Waals surface area (Å²) < 4.78 is 21.8. The number of rotatable bonds is 9. The van der Waals surface area contributed by atoms with Gasteiger partial charge in [-0.25, -0.2) is 0 Å². The van der Waals surface area contributed by atoms with Crippen LogP contribution in [-0.4, -0.2) is 37.4 Å². The van der Waals surface area contributed by atoms with Crippen LogP contribution in [0.5, 0.6) is 17.2 Å². The predicted molar refractivity (Wildman–Crippen MR) is 124 cm³/mol. The van der Waals surface area contributed by atoms with E-state index >= 15 is 0 Å². The number of nitrogens with zero attached hydrogens (tertiary/aromatic N) is 2. The molecule has 1 atom stereocenters. The smallest absolute Gasteiger partial charge is 0.249 e. The third-order valence-corrected chi connectivity index (χ3v) is 4.97. The van der Waals surface area contributed by atoms with E-state index in [-0.39, 0.29) is 11.3 Å². The Morgan fingerprint density at radius 3 is 2.21 bits per heavy atom. The fourth-order valence-corrected chi connectivity index (χ4v) is 3.48. The Balaban J connectivity index is 1.93. The van der Waals surface area contributed by atoms with Gasteiger partial charge in [-0.3, -0.25) is 4.79 Å². The SMILES string of the molecule is COc1cc(-c2noc(C(Cc3ccccc3)NC(=O)CC(C)(C)C)n2)cc(OC)c1OC. The summed E-state index contributed by atoms with van der Waals surface area (Å²) in [5.41, 5.74) is 1.54. The third-order valence-electron chi connectivity index (χ3n) is 4.97. The lowest BCUT2D eigenvalue weighted by molar-refractivity contribution is -0.123. The van der Waals surface area contributed by atoms with E-state index < -0.39 is 6.04 Å². The molecule has 1 aromatic heterocycles. The molecule has 0 saturated heterocycles. The van der Waals surface area contributed by atoms with Gasteiger partial charge < -0.3 is 24.1 Å². The van der Waals surface area contributed by atoms with Crippen LogP contribution in [0.4, 0.5) is 0 Å². The Hall–Kier alpha value is -3.55. The van der Waals surface area contributed by atoms with Crippen LogP contribution in [0.1, 0.15) is 44.7 Å². The van der Waals surface area contributed by atoms with Gasteiger partial charge in [0.2, 0.25) is 23.4 Å². The molecule has 1 heterocycles. The first-order valence-electron chi connectivity index (χ1n) is 10.7. The Morgan fingerprint density at radius 1 is 1.03 bits per heavy atom. The van der Waals surface area contributed by atoms with Crippen molar-refractivity contribution in [1.29, 1.82) is 0 Å².